The molecule has 1 aromatic heterocycles. The fraction of sp³-hybridized carbons (Fsp3) is 0.556. The lowest BCUT2D eigenvalue weighted by Gasteiger charge is -2.03. The summed E-state index contributed by atoms with van der Waals surface area (Å²) in [6.45, 7) is 3.35. The molecule has 0 spiro atoms. The van der Waals surface area contributed by atoms with Crippen molar-refractivity contribution < 1.29 is 13.9 Å². The van der Waals surface area contributed by atoms with E-state index in [0.29, 0.717) is 6.61 Å². The predicted molar refractivity (Wildman–Crippen MR) is 42.7 cm³/mol. The molecule has 0 aliphatic carbocycles. The fourth-order valence-electron chi connectivity index (χ4n) is 1.31. The van der Waals surface area contributed by atoms with Crippen molar-refractivity contribution in [1.29, 1.82) is 0 Å². The maximum Gasteiger partial charge on any atom is 0.146 e. The summed E-state index contributed by atoms with van der Waals surface area (Å²) in [7, 11) is 1.67. The van der Waals surface area contributed by atoms with Gasteiger partial charge < -0.3 is 13.9 Å². The van der Waals surface area contributed by atoms with E-state index in [1.54, 1.807) is 13.4 Å². The van der Waals surface area contributed by atoms with Crippen molar-refractivity contribution >= 4 is 0 Å². The second-order valence-electron chi connectivity index (χ2n) is 3.23. The Hall–Kier alpha value is -0.800. The molecule has 1 aliphatic rings. The van der Waals surface area contributed by atoms with Crippen LogP contribution in [-0.4, -0.2) is 13.7 Å². The first-order valence-corrected chi connectivity index (χ1v) is 3.96. The summed E-state index contributed by atoms with van der Waals surface area (Å²) in [5.41, 5.74) is 0.898. The third-order valence-electron chi connectivity index (χ3n) is 2.10. The molecule has 3 heteroatoms. The highest BCUT2D eigenvalue weighted by atomic mass is 16.6. The first-order chi connectivity index (χ1) is 5.76. The Morgan fingerprint density at radius 1 is 1.67 bits per heavy atom. The maximum absolute atomic E-state index is 5.34. The molecule has 0 aromatic carbocycles. The molecule has 1 atom stereocenters. The van der Waals surface area contributed by atoms with E-state index < -0.39 is 0 Å². The minimum absolute atomic E-state index is 0.183. The summed E-state index contributed by atoms with van der Waals surface area (Å²) in [5, 5.41) is 0. The van der Waals surface area contributed by atoms with Gasteiger partial charge in [-0.05, 0) is 13.0 Å². The number of hydrogen-bond acceptors (Lipinski definition) is 3. The van der Waals surface area contributed by atoms with Crippen LogP contribution in [0.4, 0.5) is 0 Å². The first kappa shape index (κ1) is 7.83. The highest BCUT2D eigenvalue weighted by Crippen LogP contribution is 2.40. The van der Waals surface area contributed by atoms with Gasteiger partial charge in [-0.1, -0.05) is 0 Å². The van der Waals surface area contributed by atoms with Crippen LogP contribution in [0, 0.1) is 0 Å². The van der Waals surface area contributed by atoms with Crippen LogP contribution in [0.25, 0.3) is 0 Å². The van der Waals surface area contributed by atoms with Crippen molar-refractivity contribution in [3.05, 3.63) is 23.7 Å². The van der Waals surface area contributed by atoms with Crippen LogP contribution in [0.3, 0.4) is 0 Å². The SMILES string of the molecule is COCc1ccoc1C1(C)CO1. The van der Waals surface area contributed by atoms with Gasteiger partial charge in [-0.2, -0.15) is 0 Å². The van der Waals surface area contributed by atoms with Crippen LogP contribution in [-0.2, 0) is 21.7 Å². The van der Waals surface area contributed by atoms with Crippen LogP contribution >= 0.6 is 0 Å². The van der Waals surface area contributed by atoms with Gasteiger partial charge >= 0.3 is 0 Å². The Labute approximate surface area is 71.3 Å². The molecule has 0 N–H and O–H groups in total. The molecule has 0 radical (unpaired) electrons. The summed E-state index contributed by atoms with van der Waals surface area (Å²) in [6, 6.07) is 1.92. The van der Waals surface area contributed by atoms with Gasteiger partial charge in [-0.15, -0.1) is 0 Å². The van der Waals surface area contributed by atoms with E-state index in [4.69, 9.17) is 13.9 Å². The van der Waals surface area contributed by atoms with Gasteiger partial charge in [-0.25, -0.2) is 0 Å². The predicted octanol–water partition coefficient (Wildman–Crippen LogP) is 1.67. The zero-order valence-electron chi connectivity index (χ0n) is 7.29. The lowest BCUT2D eigenvalue weighted by Crippen LogP contribution is -2.04. The average molecular weight is 168 g/mol. The molecule has 1 fully saturated rings. The third kappa shape index (κ3) is 1.15. The average Bonchev–Trinajstić information content (AvgIpc) is 2.64. The largest absolute Gasteiger partial charge is 0.466 e. The molecule has 3 nitrogen and oxygen atoms in total. The molecule has 1 aliphatic heterocycles. The number of epoxide rings is 1. The molecule has 0 saturated carbocycles. The van der Waals surface area contributed by atoms with E-state index in [9.17, 15) is 0 Å². The molecule has 0 amide bonds. The van der Waals surface area contributed by atoms with Crippen LogP contribution in [0.2, 0.25) is 0 Å². The van der Waals surface area contributed by atoms with Crippen molar-refractivity contribution in [1.82, 2.24) is 0 Å². The normalized spacial score (nSPS) is 27.5. The molecule has 0 bridgehead atoms. The second kappa shape index (κ2) is 2.61. The topological polar surface area (TPSA) is 34.9 Å². The summed E-state index contributed by atoms with van der Waals surface area (Å²) in [5.74, 6) is 0.907. The third-order valence-corrected chi connectivity index (χ3v) is 2.10. The standard InChI is InChI=1S/C9H12O3/c1-9(6-12-9)8-7(5-10-2)3-4-11-8/h3-4H,5-6H2,1-2H3. The smallest absolute Gasteiger partial charge is 0.146 e. The molecule has 2 heterocycles. The van der Waals surface area contributed by atoms with Crippen molar-refractivity contribution in [3.8, 4) is 0 Å². The van der Waals surface area contributed by atoms with Crippen molar-refractivity contribution in [2.45, 2.75) is 19.1 Å². The Bertz CT molecular complexity index is 273. The number of ether oxygens (including phenoxy) is 2. The quantitative estimate of drug-likeness (QED) is 0.644. The lowest BCUT2D eigenvalue weighted by atomic mass is 10.1. The van der Waals surface area contributed by atoms with E-state index in [0.717, 1.165) is 17.9 Å². The summed E-state index contributed by atoms with van der Waals surface area (Å²) in [6.07, 6.45) is 1.68. The summed E-state index contributed by atoms with van der Waals surface area (Å²) in [4.78, 5) is 0. The van der Waals surface area contributed by atoms with E-state index in [2.05, 4.69) is 0 Å². The van der Waals surface area contributed by atoms with E-state index >= 15 is 0 Å². The van der Waals surface area contributed by atoms with Crippen LogP contribution < -0.4 is 0 Å². The van der Waals surface area contributed by atoms with Crippen molar-refractivity contribution in [2.75, 3.05) is 13.7 Å². The van der Waals surface area contributed by atoms with Crippen LogP contribution in [0.15, 0.2) is 16.7 Å². The maximum atomic E-state index is 5.34. The molecule has 1 aromatic rings. The van der Waals surface area contributed by atoms with E-state index in [1.165, 1.54) is 0 Å². The van der Waals surface area contributed by atoms with E-state index in [1.807, 2.05) is 13.0 Å². The second-order valence-corrected chi connectivity index (χ2v) is 3.23. The van der Waals surface area contributed by atoms with Gasteiger partial charge in [0.05, 0.1) is 19.5 Å². The van der Waals surface area contributed by atoms with Crippen molar-refractivity contribution in [3.63, 3.8) is 0 Å². The fourth-order valence-corrected chi connectivity index (χ4v) is 1.31. The number of rotatable bonds is 3. The van der Waals surface area contributed by atoms with Gasteiger partial charge in [0, 0.05) is 12.7 Å². The first-order valence-electron chi connectivity index (χ1n) is 3.96. The molecule has 66 valence electrons. The van der Waals surface area contributed by atoms with Crippen LogP contribution in [0.1, 0.15) is 18.2 Å². The Balaban J connectivity index is 2.24. The lowest BCUT2D eigenvalue weighted by molar-refractivity contribution is 0.179. The molecule has 1 unspecified atom stereocenters. The summed E-state index contributed by atoms with van der Waals surface area (Å²) >= 11 is 0. The van der Waals surface area contributed by atoms with Gasteiger partial charge in [0.15, 0.2) is 0 Å². The Morgan fingerprint density at radius 2 is 2.42 bits per heavy atom. The molecule has 2 rings (SSSR count). The molecular formula is C9H12O3. The zero-order chi connectivity index (χ0) is 8.60. The number of methoxy groups -OCH3 is 1. The number of furan rings is 1. The van der Waals surface area contributed by atoms with Gasteiger partial charge in [0.2, 0.25) is 0 Å². The highest BCUT2D eigenvalue weighted by Gasteiger charge is 2.45. The minimum atomic E-state index is -0.183. The zero-order valence-corrected chi connectivity index (χ0v) is 7.29. The van der Waals surface area contributed by atoms with Gasteiger partial charge in [0.25, 0.3) is 0 Å². The van der Waals surface area contributed by atoms with E-state index in [-0.39, 0.29) is 5.60 Å². The monoisotopic (exact) mass is 168 g/mol. The molecule has 1 saturated heterocycles. The van der Waals surface area contributed by atoms with Crippen molar-refractivity contribution in [2.24, 2.45) is 0 Å². The molecule has 12 heavy (non-hydrogen) atoms. The minimum Gasteiger partial charge on any atom is -0.466 e. The Morgan fingerprint density at radius 3 is 3.00 bits per heavy atom. The highest BCUT2D eigenvalue weighted by molar-refractivity contribution is 5.25. The molecular weight excluding hydrogens is 156 g/mol. The van der Waals surface area contributed by atoms with Gasteiger partial charge in [0.1, 0.15) is 11.4 Å². The van der Waals surface area contributed by atoms with Crippen LogP contribution in [0.5, 0.6) is 0 Å². The van der Waals surface area contributed by atoms with Gasteiger partial charge in [-0.3, -0.25) is 0 Å². The summed E-state index contributed by atoms with van der Waals surface area (Å²) < 4.78 is 15.7. The number of hydrogen-bond donors (Lipinski definition) is 0. The Kier molecular flexibility index (Phi) is 1.70.